The zero-order valence-electron chi connectivity index (χ0n) is 8.84. The highest BCUT2D eigenvalue weighted by Crippen LogP contribution is 2.33. The molecular weight excluding hydrogens is 172 g/mol. The Kier molecular flexibility index (Phi) is 2.40. The molecule has 1 aromatic rings. The monoisotopic (exact) mass is 188 g/mol. The fraction of sp³-hybridized carbons (Fsp3) is 0.462. The van der Waals surface area contributed by atoms with Gasteiger partial charge in [-0.3, -0.25) is 4.79 Å². The van der Waals surface area contributed by atoms with Crippen LogP contribution in [0.3, 0.4) is 0 Å². The minimum atomic E-state index is 0.190. The third-order valence-electron chi connectivity index (χ3n) is 3.11. The molecule has 1 nitrogen and oxygen atoms in total. The molecule has 0 heterocycles. The van der Waals surface area contributed by atoms with Crippen LogP contribution in [0.5, 0.6) is 0 Å². The van der Waals surface area contributed by atoms with Gasteiger partial charge >= 0.3 is 0 Å². The van der Waals surface area contributed by atoms with Crippen LogP contribution in [-0.2, 0) is 4.79 Å². The van der Waals surface area contributed by atoms with Gasteiger partial charge in [0.25, 0.3) is 0 Å². The SMILES string of the molecule is Cc1ccc(C2CCCC2=O)c(C)c1. The zero-order chi connectivity index (χ0) is 10.1. The molecule has 0 amide bonds. The van der Waals surface area contributed by atoms with Gasteiger partial charge in [0, 0.05) is 12.3 Å². The molecule has 1 aromatic carbocycles. The van der Waals surface area contributed by atoms with Gasteiger partial charge in [0.05, 0.1) is 0 Å². The Labute approximate surface area is 85.1 Å². The summed E-state index contributed by atoms with van der Waals surface area (Å²) in [5.41, 5.74) is 3.79. The van der Waals surface area contributed by atoms with Gasteiger partial charge in [-0.1, -0.05) is 23.8 Å². The maximum atomic E-state index is 11.6. The molecule has 14 heavy (non-hydrogen) atoms. The molecule has 1 atom stereocenters. The first-order valence-electron chi connectivity index (χ1n) is 5.28. The molecule has 0 N–H and O–H groups in total. The Bertz CT molecular complexity index is 365. The maximum absolute atomic E-state index is 11.6. The molecule has 0 radical (unpaired) electrons. The quantitative estimate of drug-likeness (QED) is 0.661. The van der Waals surface area contributed by atoms with Gasteiger partial charge in [-0.2, -0.15) is 0 Å². The summed E-state index contributed by atoms with van der Waals surface area (Å²) < 4.78 is 0. The second-order valence-corrected chi connectivity index (χ2v) is 4.27. The molecule has 1 fully saturated rings. The van der Waals surface area contributed by atoms with E-state index < -0.39 is 0 Å². The summed E-state index contributed by atoms with van der Waals surface area (Å²) in [5.74, 6) is 0.618. The predicted octanol–water partition coefficient (Wildman–Crippen LogP) is 3.14. The van der Waals surface area contributed by atoms with E-state index in [2.05, 4.69) is 32.0 Å². The van der Waals surface area contributed by atoms with Crippen molar-refractivity contribution in [3.63, 3.8) is 0 Å². The summed E-state index contributed by atoms with van der Waals surface area (Å²) in [6.07, 6.45) is 2.89. The number of hydrogen-bond acceptors (Lipinski definition) is 1. The normalized spacial score (nSPS) is 21.6. The van der Waals surface area contributed by atoms with Crippen LogP contribution >= 0.6 is 0 Å². The third-order valence-corrected chi connectivity index (χ3v) is 3.11. The average Bonchev–Trinajstić information content (AvgIpc) is 2.52. The zero-order valence-corrected chi connectivity index (χ0v) is 8.84. The fourth-order valence-electron chi connectivity index (χ4n) is 2.36. The lowest BCUT2D eigenvalue weighted by Crippen LogP contribution is -2.05. The first kappa shape index (κ1) is 9.45. The van der Waals surface area contributed by atoms with Gasteiger partial charge in [-0.25, -0.2) is 0 Å². The lowest BCUT2D eigenvalue weighted by Gasteiger charge is -2.12. The summed E-state index contributed by atoms with van der Waals surface area (Å²) in [6.45, 7) is 4.20. The molecule has 1 saturated carbocycles. The minimum absolute atomic E-state index is 0.190. The minimum Gasteiger partial charge on any atom is -0.299 e. The lowest BCUT2D eigenvalue weighted by atomic mass is 9.92. The molecular formula is C13H16O. The van der Waals surface area contributed by atoms with Gasteiger partial charge < -0.3 is 0 Å². The standard InChI is InChI=1S/C13H16O/c1-9-6-7-11(10(2)8-9)12-4-3-5-13(12)14/h6-8,12H,3-5H2,1-2H3. The van der Waals surface area contributed by atoms with E-state index in [1.165, 1.54) is 16.7 Å². The molecule has 1 aliphatic rings. The summed E-state index contributed by atoms with van der Waals surface area (Å²) in [4.78, 5) is 11.6. The summed E-state index contributed by atoms with van der Waals surface area (Å²) in [6, 6.07) is 6.40. The van der Waals surface area contributed by atoms with Crippen LogP contribution in [0.15, 0.2) is 18.2 Å². The van der Waals surface area contributed by atoms with Crippen molar-refractivity contribution < 1.29 is 4.79 Å². The largest absolute Gasteiger partial charge is 0.299 e. The van der Waals surface area contributed by atoms with Gasteiger partial charge in [-0.15, -0.1) is 0 Å². The number of benzene rings is 1. The van der Waals surface area contributed by atoms with Crippen LogP contribution in [-0.4, -0.2) is 5.78 Å². The molecule has 2 rings (SSSR count). The maximum Gasteiger partial charge on any atom is 0.140 e. The molecule has 0 aromatic heterocycles. The van der Waals surface area contributed by atoms with E-state index in [1.54, 1.807) is 0 Å². The van der Waals surface area contributed by atoms with Crippen molar-refractivity contribution in [2.45, 2.75) is 39.0 Å². The van der Waals surface area contributed by atoms with Crippen LogP contribution < -0.4 is 0 Å². The van der Waals surface area contributed by atoms with E-state index in [4.69, 9.17) is 0 Å². The molecule has 74 valence electrons. The molecule has 1 aliphatic carbocycles. The fourth-order valence-corrected chi connectivity index (χ4v) is 2.36. The summed E-state index contributed by atoms with van der Waals surface area (Å²) in [7, 11) is 0. The number of aryl methyl sites for hydroxylation is 2. The van der Waals surface area contributed by atoms with Crippen LogP contribution in [0.2, 0.25) is 0 Å². The van der Waals surface area contributed by atoms with E-state index in [0.717, 1.165) is 19.3 Å². The van der Waals surface area contributed by atoms with E-state index in [0.29, 0.717) is 5.78 Å². The number of rotatable bonds is 1. The molecule has 1 unspecified atom stereocenters. The number of carbonyl (C=O) groups is 1. The Hall–Kier alpha value is -1.11. The highest BCUT2D eigenvalue weighted by molar-refractivity contribution is 5.87. The smallest absolute Gasteiger partial charge is 0.140 e. The average molecular weight is 188 g/mol. The lowest BCUT2D eigenvalue weighted by molar-refractivity contribution is -0.118. The van der Waals surface area contributed by atoms with Crippen molar-refractivity contribution in [2.75, 3.05) is 0 Å². The number of Topliss-reactive ketones (excluding diaryl/α,β-unsaturated/α-hetero) is 1. The summed E-state index contributed by atoms with van der Waals surface area (Å²) in [5, 5.41) is 0. The molecule has 0 spiro atoms. The Morgan fingerprint density at radius 2 is 2.07 bits per heavy atom. The third kappa shape index (κ3) is 1.59. The van der Waals surface area contributed by atoms with Crippen molar-refractivity contribution in [3.05, 3.63) is 34.9 Å². The first-order chi connectivity index (χ1) is 6.68. The van der Waals surface area contributed by atoms with Gasteiger partial charge in [0.2, 0.25) is 0 Å². The molecule has 0 aliphatic heterocycles. The topological polar surface area (TPSA) is 17.1 Å². The van der Waals surface area contributed by atoms with Crippen molar-refractivity contribution in [3.8, 4) is 0 Å². The highest BCUT2D eigenvalue weighted by Gasteiger charge is 2.26. The van der Waals surface area contributed by atoms with E-state index >= 15 is 0 Å². The van der Waals surface area contributed by atoms with Crippen molar-refractivity contribution in [2.24, 2.45) is 0 Å². The number of hydrogen-bond donors (Lipinski definition) is 0. The van der Waals surface area contributed by atoms with Crippen molar-refractivity contribution in [1.82, 2.24) is 0 Å². The van der Waals surface area contributed by atoms with Crippen LogP contribution in [0.25, 0.3) is 0 Å². The van der Waals surface area contributed by atoms with Gasteiger partial charge in [-0.05, 0) is 37.8 Å². The van der Waals surface area contributed by atoms with Crippen LogP contribution in [0, 0.1) is 13.8 Å². The van der Waals surface area contributed by atoms with Crippen molar-refractivity contribution in [1.29, 1.82) is 0 Å². The highest BCUT2D eigenvalue weighted by atomic mass is 16.1. The second-order valence-electron chi connectivity index (χ2n) is 4.27. The number of carbonyl (C=O) groups excluding carboxylic acids is 1. The van der Waals surface area contributed by atoms with Crippen LogP contribution in [0.1, 0.15) is 41.9 Å². The van der Waals surface area contributed by atoms with Gasteiger partial charge in [0.1, 0.15) is 5.78 Å². The van der Waals surface area contributed by atoms with Gasteiger partial charge in [0.15, 0.2) is 0 Å². The Morgan fingerprint density at radius 3 is 2.64 bits per heavy atom. The van der Waals surface area contributed by atoms with E-state index in [9.17, 15) is 4.79 Å². The Morgan fingerprint density at radius 1 is 1.29 bits per heavy atom. The predicted molar refractivity (Wildman–Crippen MR) is 57.5 cm³/mol. The summed E-state index contributed by atoms with van der Waals surface area (Å²) >= 11 is 0. The van der Waals surface area contributed by atoms with Crippen LogP contribution in [0.4, 0.5) is 0 Å². The number of ketones is 1. The van der Waals surface area contributed by atoms with E-state index in [1.807, 2.05) is 0 Å². The molecule has 0 saturated heterocycles. The molecule has 0 bridgehead atoms. The molecule has 1 heteroatoms. The Balaban J connectivity index is 2.36. The van der Waals surface area contributed by atoms with Crippen molar-refractivity contribution >= 4 is 5.78 Å². The second kappa shape index (κ2) is 3.56. The van der Waals surface area contributed by atoms with E-state index in [-0.39, 0.29) is 5.92 Å². The first-order valence-corrected chi connectivity index (χ1v) is 5.28.